The third-order valence-electron chi connectivity index (χ3n) is 3.47. The molecule has 0 radical (unpaired) electrons. The molecule has 1 saturated carbocycles. The van der Waals surface area contributed by atoms with Gasteiger partial charge in [-0.15, -0.1) is 0 Å². The molecule has 1 aromatic carbocycles. The quantitative estimate of drug-likeness (QED) is 0.788. The van der Waals surface area contributed by atoms with Crippen molar-refractivity contribution >= 4 is 28.4 Å². The van der Waals surface area contributed by atoms with E-state index in [-0.39, 0.29) is 0 Å². The van der Waals surface area contributed by atoms with Crippen LogP contribution in [-0.4, -0.2) is 25.4 Å². The van der Waals surface area contributed by atoms with Gasteiger partial charge in [-0.2, -0.15) is 0 Å². The molecule has 4 nitrogen and oxygen atoms in total. The van der Waals surface area contributed by atoms with E-state index in [9.17, 15) is 4.79 Å². The highest BCUT2D eigenvalue weighted by Crippen LogP contribution is 2.44. The predicted octanol–water partition coefficient (Wildman–Crippen LogP) is 3.61. The Labute approximate surface area is 122 Å². The normalized spacial score (nSPS) is 14.1. The zero-order valence-corrected chi connectivity index (χ0v) is 12.3. The number of para-hydroxylation sites is 2. The van der Waals surface area contributed by atoms with E-state index in [1.54, 1.807) is 7.11 Å². The summed E-state index contributed by atoms with van der Waals surface area (Å²) in [4.78, 5) is 18.6. The number of thiazole rings is 1. The maximum Gasteiger partial charge on any atom is 0.190 e. The molecule has 0 spiro atoms. The van der Waals surface area contributed by atoms with Crippen LogP contribution in [0.4, 0.5) is 10.8 Å². The number of hydrogen-bond donors (Lipinski definition) is 0. The molecular weight excluding hydrogens is 272 g/mol. The van der Waals surface area contributed by atoms with Crippen molar-refractivity contribution in [3.63, 3.8) is 0 Å². The Hall–Kier alpha value is -1.88. The predicted molar refractivity (Wildman–Crippen MR) is 80.5 cm³/mol. The Bertz CT molecular complexity index is 635. The smallest absolute Gasteiger partial charge is 0.190 e. The Morgan fingerprint density at radius 3 is 2.80 bits per heavy atom. The summed E-state index contributed by atoms with van der Waals surface area (Å²) in [5, 5.41) is 0.832. The first kappa shape index (κ1) is 13.1. The zero-order valence-electron chi connectivity index (χ0n) is 11.5. The summed E-state index contributed by atoms with van der Waals surface area (Å²) in [5.74, 6) is 1.28. The van der Waals surface area contributed by atoms with Crippen LogP contribution in [0.15, 0.2) is 24.3 Å². The first-order valence-corrected chi connectivity index (χ1v) is 7.39. The van der Waals surface area contributed by atoms with Crippen LogP contribution < -0.4 is 9.64 Å². The summed E-state index contributed by atoms with van der Waals surface area (Å²) in [5.41, 5.74) is 1.91. The average Bonchev–Trinajstić information content (AvgIpc) is 3.25. The molecular formula is C15H16N2O2S. The average molecular weight is 288 g/mol. The van der Waals surface area contributed by atoms with Crippen molar-refractivity contribution in [2.24, 2.45) is 0 Å². The minimum absolute atomic E-state index is 0.478. The fourth-order valence-electron chi connectivity index (χ4n) is 2.22. The van der Waals surface area contributed by atoms with Crippen LogP contribution in [0, 0.1) is 0 Å². The summed E-state index contributed by atoms with van der Waals surface area (Å²) in [6.45, 7) is 0. The van der Waals surface area contributed by atoms with Crippen LogP contribution >= 0.6 is 11.3 Å². The molecule has 1 aliphatic carbocycles. The maximum absolute atomic E-state index is 11.2. The summed E-state index contributed by atoms with van der Waals surface area (Å²) in [6.07, 6.45) is 3.20. The molecule has 1 heterocycles. The number of nitrogens with zero attached hydrogens (tertiary/aromatic N) is 2. The highest BCUT2D eigenvalue weighted by molar-refractivity contribution is 7.17. The maximum atomic E-state index is 11.2. The Kier molecular flexibility index (Phi) is 3.44. The first-order chi connectivity index (χ1) is 9.74. The van der Waals surface area contributed by atoms with Crippen LogP contribution in [0.2, 0.25) is 0 Å². The Morgan fingerprint density at radius 1 is 1.40 bits per heavy atom. The number of benzene rings is 1. The largest absolute Gasteiger partial charge is 0.495 e. The van der Waals surface area contributed by atoms with E-state index >= 15 is 0 Å². The molecule has 1 aliphatic rings. The van der Waals surface area contributed by atoms with Gasteiger partial charge in [0.1, 0.15) is 5.75 Å². The highest BCUT2D eigenvalue weighted by atomic mass is 32.1. The van der Waals surface area contributed by atoms with Crippen LogP contribution in [-0.2, 0) is 0 Å². The molecule has 104 valence electrons. The van der Waals surface area contributed by atoms with E-state index in [1.807, 2.05) is 36.2 Å². The van der Waals surface area contributed by atoms with Crippen LogP contribution in [0.25, 0.3) is 0 Å². The molecule has 20 heavy (non-hydrogen) atoms. The van der Waals surface area contributed by atoms with E-state index in [4.69, 9.17) is 4.74 Å². The van der Waals surface area contributed by atoms with Gasteiger partial charge in [0.25, 0.3) is 0 Å². The second-order valence-electron chi connectivity index (χ2n) is 4.87. The van der Waals surface area contributed by atoms with Gasteiger partial charge in [-0.25, -0.2) is 4.98 Å². The van der Waals surface area contributed by atoms with Gasteiger partial charge in [-0.3, -0.25) is 4.79 Å². The SMILES string of the molecule is COc1ccccc1N(C)c1nc(C2CC2)c(C=O)s1. The number of methoxy groups -OCH3 is 1. The molecule has 2 aromatic rings. The van der Waals surface area contributed by atoms with Crippen molar-refractivity contribution < 1.29 is 9.53 Å². The number of carbonyl (C=O) groups excluding carboxylic acids is 1. The van der Waals surface area contributed by atoms with E-state index in [0.29, 0.717) is 5.92 Å². The van der Waals surface area contributed by atoms with Gasteiger partial charge in [0, 0.05) is 13.0 Å². The summed E-state index contributed by atoms with van der Waals surface area (Å²) in [6, 6.07) is 7.80. The van der Waals surface area contributed by atoms with E-state index in [1.165, 1.54) is 11.3 Å². The first-order valence-electron chi connectivity index (χ1n) is 6.57. The lowest BCUT2D eigenvalue weighted by atomic mass is 10.2. The molecule has 0 amide bonds. The standard InChI is InChI=1S/C15H16N2O2S/c1-17(11-5-3-4-6-12(11)19-2)15-16-14(10-7-8-10)13(9-18)20-15/h3-6,9-10H,7-8H2,1-2H3. The zero-order chi connectivity index (χ0) is 14.1. The molecule has 0 N–H and O–H groups in total. The van der Waals surface area contributed by atoms with Crippen LogP contribution in [0.1, 0.15) is 34.1 Å². The van der Waals surface area contributed by atoms with E-state index in [0.717, 1.165) is 46.3 Å². The Balaban J connectivity index is 1.97. The number of hydrogen-bond acceptors (Lipinski definition) is 5. The molecule has 0 saturated heterocycles. The molecule has 1 fully saturated rings. The summed E-state index contributed by atoms with van der Waals surface area (Å²) in [7, 11) is 3.60. The third kappa shape index (κ3) is 2.29. The minimum atomic E-state index is 0.478. The second-order valence-corrected chi connectivity index (χ2v) is 5.88. The minimum Gasteiger partial charge on any atom is -0.495 e. The van der Waals surface area contributed by atoms with Gasteiger partial charge >= 0.3 is 0 Å². The summed E-state index contributed by atoms with van der Waals surface area (Å²) >= 11 is 1.44. The van der Waals surface area contributed by atoms with Gasteiger partial charge in [-0.1, -0.05) is 23.5 Å². The van der Waals surface area contributed by atoms with Crippen molar-refractivity contribution in [3.05, 3.63) is 34.8 Å². The molecule has 0 bridgehead atoms. The van der Waals surface area contributed by atoms with Crippen molar-refractivity contribution in [2.45, 2.75) is 18.8 Å². The van der Waals surface area contributed by atoms with E-state index < -0.39 is 0 Å². The monoisotopic (exact) mass is 288 g/mol. The van der Waals surface area contributed by atoms with Crippen molar-refractivity contribution in [1.29, 1.82) is 0 Å². The van der Waals surface area contributed by atoms with Crippen molar-refractivity contribution in [1.82, 2.24) is 4.98 Å². The fourth-order valence-corrected chi connectivity index (χ4v) is 3.16. The number of aldehydes is 1. The number of rotatable bonds is 5. The number of aromatic nitrogens is 1. The van der Waals surface area contributed by atoms with Gasteiger partial charge < -0.3 is 9.64 Å². The van der Waals surface area contributed by atoms with Gasteiger partial charge in [-0.05, 0) is 25.0 Å². The fraction of sp³-hybridized carbons (Fsp3) is 0.333. The molecule has 0 unspecified atom stereocenters. The van der Waals surface area contributed by atoms with Crippen molar-refractivity contribution in [2.75, 3.05) is 19.1 Å². The number of carbonyl (C=O) groups is 1. The Morgan fingerprint density at radius 2 is 2.15 bits per heavy atom. The topological polar surface area (TPSA) is 42.4 Å². The molecule has 5 heteroatoms. The molecule has 1 aromatic heterocycles. The lowest BCUT2D eigenvalue weighted by Gasteiger charge is -2.18. The van der Waals surface area contributed by atoms with E-state index in [2.05, 4.69) is 4.98 Å². The van der Waals surface area contributed by atoms with Gasteiger partial charge in [0.15, 0.2) is 11.4 Å². The molecule has 0 atom stereocenters. The van der Waals surface area contributed by atoms with Crippen molar-refractivity contribution in [3.8, 4) is 5.75 Å². The number of ether oxygens (including phenoxy) is 1. The van der Waals surface area contributed by atoms with Crippen LogP contribution in [0.5, 0.6) is 5.75 Å². The lowest BCUT2D eigenvalue weighted by Crippen LogP contribution is -2.10. The van der Waals surface area contributed by atoms with Crippen LogP contribution in [0.3, 0.4) is 0 Å². The third-order valence-corrected chi connectivity index (χ3v) is 4.55. The van der Waals surface area contributed by atoms with Gasteiger partial charge in [0.05, 0.1) is 23.4 Å². The molecule has 3 rings (SSSR count). The van der Waals surface area contributed by atoms with Gasteiger partial charge in [0.2, 0.25) is 0 Å². The number of anilines is 2. The second kappa shape index (κ2) is 5.25. The highest BCUT2D eigenvalue weighted by Gasteiger charge is 2.30. The summed E-state index contributed by atoms with van der Waals surface area (Å²) < 4.78 is 5.38. The molecule has 0 aliphatic heterocycles. The lowest BCUT2D eigenvalue weighted by molar-refractivity contribution is 0.112.